The molecule has 0 saturated heterocycles. The van der Waals surface area contributed by atoms with Crippen LogP contribution >= 0.6 is 11.3 Å². The Morgan fingerprint density at radius 2 is 1.96 bits per heavy atom. The third kappa shape index (κ3) is 2.19. The summed E-state index contributed by atoms with van der Waals surface area (Å²) in [6, 6.07) is 13.5. The van der Waals surface area contributed by atoms with Crippen molar-refractivity contribution in [1.82, 2.24) is 4.98 Å². The first-order valence-electron chi connectivity index (χ1n) is 7.21. The first kappa shape index (κ1) is 13.9. The number of methoxy groups -OCH3 is 1. The van der Waals surface area contributed by atoms with Crippen LogP contribution in [0.2, 0.25) is 0 Å². The Balaban J connectivity index is 2.00. The lowest BCUT2D eigenvalue weighted by atomic mass is 10.0. The number of pyridine rings is 1. The fourth-order valence-corrected chi connectivity index (χ4v) is 3.69. The van der Waals surface area contributed by atoms with E-state index in [0.717, 1.165) is 21.6 Å². The molecular weight excluding hydrogens is 306 g/mol. The van der Waals surface area contributed by atoms with Gasteiger partial charge in [0.2, 0.25) is 0 Å². The number of allylic oxidation sites excluding steroid dienone is 1. The topological polar surface area (TPSA) is 39.2 Å². The maximum Gasteiger partial charge on any atom is 0.195 e. The van der Waals surface area contributed by atoms with Gasteiger partial charge in [-0.25, -0.2) is 0 Å². The first-order valence-corrected chi connectivity index (χ1v) is 8.09. The molecule has 0 aliphatic heterocycles. The number of benzene rings is 1. The fraction of sp³-hybridized carbons (Fsp3) is 0.0526. The number of fused-ring (bicyclic) bond motifs is 1. The number of hydrogen-bond acceptors (Lipinski definition) is 4. The molecule has 1 aromatic carbocycles. The minimum absolute atomic E-state index is 0.0234. The Bertz CT molecular complexity index is 912. The number of nitrogens with zero attached hydrogens (tertiary/aromatic N) is 1. The lowest BCUT2D eigenvalue weighted by Crippen LogP contribution is -1.99. The standard InChI is InChI=1S/C19H13NO2S/c1-22-13-6-7-14-15(10-13)19(21)17(12-4-2-8-20-11-12)18(14)16-5-3-9-23-16/h2-11H,1H3. The molecule has 2 aromatic heterocycles. The Morgan fingerprint density at radius 1 is 1.04 bits per heavy atom. The van der Waals surface area contributed by atoms with Gasteiger partial charge in [-0.1, -0.05) is 12.1 Å². The molecule has 0 unspecified atom stereocenters. The summed E-state index contributed by atoms with van der Waals surface area (Å²) in [6.07, 6.45) is 3.45. The summed E-state index contributed by atoms with van der Waals surface area (Å²) in [5.74, 6) is 0.713. The molecule has 112 valence electrons. The van der Waals surface area contributed by atoms with Crippen LogP contribution in [0.15, 0.2) is 60.2 Å². The third-order valence-corrected chi connectivity index (χ3v) is 4.82. The molecule has 0 N–H and O–H groups in total. The molecule has 0 radical (unpaired) electrons. The molecule has 0 saturated carbocycles. The SMILES string of the molecule is COc1ccc2c(c1)C(=O)C(c1cccnc1)=C2c1cccs1. The molecule has 4 heteroatoms. The van der Waals surface area contributed by atoms with Crippen LogP contribution in [0.5, 0.6) is 5.75 Å². The Kier molecular flexibility index (Phi) is 3.32. The molecule has 0 bridgehead atoms. The zero-order valence-corrected chi connectivity index (χ0v) is 13.3. The normalized spacial score (nSPS) is 13.3. The first-order chi connectivity index (χ1) is 11.3. The number of carbonyl (C=O) groups excluding carboxylic acids is 1. The molecular formula is C19H13NO2S. The minimum atomic E-state index is 0.0234. The summed E-state index contributed by atoms with van der Waals surface area (Å²) >= 11 is 1.63. The molecule has 4 rings (SSSR count). The predicted molar refractivity (Wildman–Crippen MR) is 91.8 cm³/mol. The van der Waals surface area contributed by atoms with Gasteiger partial charge in [0, 0.05) is 39.5 Å². The molecule has 23 heavy (non-hydrogen) atoms. The van der Waals surface area contributed by atoms with Crippen LogP contribution < -0.4 is 4.74 Å². The quantitative estimate of drug-likeness (QED) is 0.722. The molecule has 0 spiro atoms. The summed E-state index contributed by atoms with van der Waals surface area (Å²) in [5.41, 5.74) is 4.18. The van der Waals surface area contributed by atoms with Gasteiger partial charge in [-0.2, -0.15) is 0 Å². The van der Waals surface area contributed by atoms with Gasteiger partial charge >= 0.3 is 0 Å². The average molecular weight is 319 g/mol. The van der Waals surface area contributed by atoms with Crippen molar-refractivity contribution >= 4 is 28.3 Å². The average Bonchev–Trinajstić information content (AvgIpc) is 3.22. The van der Waals surface area contributed by atoms with Crippen LogP contribution in [-0.4, -0.2) is 17.9 Å². The zero-order valence-electron chi connectivity index (χ0n) is 12.4. The number of aromatic nitrogens is 1. The van der Waals surface area contributed by atoms with Crippen LogP contribution in [0, 0.1) is 0 Å². The van der Waals surface area contributed by atoms with Gasteiger partial charge in [0.15, 0.2) is 5.78 Å². The van der Waals surface area contributed by atoms with Gasteiger partial charge in [-0.15, -0.1) is 11.3 Å². The van der Waals surface area contributed by atoms with Crippen molar-refractivity contribution < 1.29 is 9.53 Å². The smallest absolute Gasteiger partial charge is 0.195 e. The highest BCUT2D eigenvalue weighted by Gasteiger charge is 2.32. The Morgan fingerprint density at radius 3 is 2.65 bits per heavy atom. The Hall–Kier alpha value is -2.72. The molecule has 2 heterocycles. The number of ketones is 1. The molecule has 3 aromatic rings. The van der Waals surface area contributed by atoms with E-state index in [1.807, 2.05) is 47.8 Å². The fourth-order valence-electron chi connectivity index (χ4n) is 2.90. The highest BCUT2D eigenvalue weighted by molar-refractivity contribution is 7.11. The summed E-state index contributed by atoms with van der Waals surface area (Å²) in [7, 11) is 1.61. The third-order valence-electron chi connectivity index (χ3n) is 3.94. The second-order valence-corrected chi connectivity index (χ2v) is 6.16. The summed E-state index contributed by atoms with van der Waals surface area (Å²) in [4.78, 5) is 18.3. The number of ether oxygens (including phenoxy) is 1. The van der Waals surface area contributed by atoms with E-state index < -0.39 is 0 Å². The second kappa shape index (κ2) is 5.48. The molecule has 0 amide bonds. The van der Waals surface area contributed by atoms with Crippen LogP contribution in [0.25, 0.3) is 11.1 Å². The van der Waals surface area contributed by atoms with E-state index >= 15 is 0 Å². The maximum atomic E-state index is 13.0. The van der Waals surface area contributed by atoms with Gasteiger partial charge < -0.3 is 4.74 Å². The van der Waals surface area contributed by atoms with Gasteiger partial charge in [0.1, 0.15) is 5.75 Å². The monoisotopic (exact) mass is 319 g/mol. The van der Waals surface area contributed by atoms with E-state index in [2.05, 4.69) is 4.98 Å². The summed E-state index contributed by atoms with van der Waals surface area (Å²) in [6.45, 7) is 0. The van der Waals surface area contributed by atoms with Crippen molar-refractivity contribution in [3.05, 3.63) is 81.8 Å². The maximum absolute atomic E-state index is 13.0. The second-order valence-electron chi connectivity index (χ2n) is 5.21. The molecule has 1 aliphatic rings. The zero-order chi connectivity index (χ0) is 15.8. The highest BCUT2D eigenvalue weighted by Crippen LogP contribution is 2.44. The van der Waals surface area contributed by atoms with Gasteiger partial charge in [-0.05, 0) is 41.3 Å². The number of thiophene rings is 1. The van der Waals surface area contributed by atoms with E-state index in [0.29, 0.717) is 16.9 Å². The number of hydrogen-bond donors (Lipinski definition) is 0. The van der Waals surface area contributed by atoms with Crippen molar-refractivity contribution in [2.24, 2.45) is 0 Å². The minimum Gasteiger partial charge on any atom is -0.497 e. The van der Waals surface area contributed by atoms with E-state index in [9.17, 15) is 4.79 Å². The van der Waals surface area contributed by atoms with Crippen LogP contribution in [0.1, 0.15) is 26.4 Å². The molecule has 0 fully saturated rings. The van der Waals surface area contributed by atoms with Crippen LogP contribution in [0.3, 0.4) is 0 Å². The molecule has 0 atom stereocenters. The van der Waals surface area contributed by atoms with Gasteiger partial charge in [0.25, 0.3) is 0 Å². The van der Waals surface area contributed by atoms with E-state index in [-0.39, 0.29) is 5.78 Å². The number of rotatable bonds is 3. The lowest BCUT2D eigenvalue weighted by Gasteiger charge is -2.06. The summed E-state index contributed by atoms with van der Waals surface area (Å²) < 4.78 is 5.27. The van der Waals surface area contributed by atoms with Crippen molar-refractivity contribution in [2.75, 3.05) is 7.11 Å². The number of carbonyl (C=O) groups is 1. The van der Waals surface area contributed by atoms with Crippen molar-refractivity contribution in [3.63, 3.8) is 0 Å². The number of Topliss-reactive ketones (excluding diaryl/α,β-unsaturated/α-hetero) is 1. The Labute approximate surface area is 137 Å². The van der Waals surface area contributed by atoms with Crippen LogP contribution in [0.4, 0.5) is 0 Å². The largest absolute Gasteiger partial charge is 0.497 e. The lowest BCUT2D eigenvalue weighted by molar-refractivity contribution is 0.105. The predicted octanol–water partition coefficient (Wildman–Crippen LogP) is 4.31. The van der Waals surface area contributed by atoms with E-state index in [1.54, 1.807) is 30.8 Å². The van der Waals surface area contributed by atoms with Crippen molar-refractivity contribution in [3.8, 4) is 5.75 Å². The molecule has 3 nitrogen and oxygen atoms in total. The van der Waals surface area contributed by atoms with E-state index in [4.69, 9.17) is 4.74 Å². The van der Waals surface area contributed by atoms with E-state index in [1.165, 1.54) is 0 Å². The van der Waals surface area contributed by atoms with Crippen molar-refractivity contribution in [1.29, 1.82) is 0 Å². The van der Waals surface area contributed by atoms with Gasteiger partial charge in [0.05, 0.1) is 7.11 Å². The van der Waals surface area contributed by atoms with Gasteiger partial charge in [-0.3, -0.25) is 9.78 Å². The van der Waals surface area contributed by atoms with Crippen LogP contribution in [-0.2, 0) is 0 Å². The summed E-state index contributed by atoms with van der Waals surface area (Å²) in [5, 5.41) is 2.02. The highest BCUT2D eigenvalue weighted by atomic mass is 32.1. The molecule has 1 aliphatic carbocycles. The van der Waals surface area contributed by atoms with Crippen molar-refractivity contribution in [2.45, 2.75) is 0 Å².